The van der Waals surface area contributed by atoms with Crippen molar-refractivity contribution in [3.05, 3.63) is 64.2 Å². The molecule has 0 saturated heterocycles. The van der Waals surface area contributed by atoms with Crippen molar-refractivity contribution in [3.8, 4) is 11.5 Å². The Labute approximate surface area is 110 Å². The van der Waals surface area contributed by atoms with Gasteiger partial charge in [-0.3, -0.25) is 10.1 Å². The predicted octanol–water partition coefficient (Wildman–Crippen LogP) is 3.18. The number of ether oxygens (including phenoxy) is 2. The summed E-state index contributed by atoms with van der Waals surface area (Å²) in [5, 5.41) is 10.9. The molecule has 0 bridgehead atoms. The number of nitro benzene ring substituents is 1. The summed E-state index contributed by atoms with van der Waals surface area (Å²) in [6.07, 6.45) is 0. The van der Waals surface area contributed by atoms with Crippen LogP contribution in [0.25, 0.3) is 0 Å². The van der Waals surface area contributed by atoms with E-state index < -0.39 is 4.92 Å². The predicted molar refractivity (Wildman–Crippen MR) is 70.4 cm³/mol. The van der Waals surface area contributed by atoms with Crippen LogP contribution < -0.4 is 9.47 Å². The quantitative estimate of drug-likeness (QED) is 0.611. The van der Waals surface area contributed by atoms with Crippen LogP contribution >= 0.6 is 0 Å². The van der Waals surface area contributed by atoms with E-state index in [-0.39, 0.29) is 11.4 Å². The van der Waals surface area contributed by atoms with E-state index in [1.807, 2.05) is 30.3 Å². The van der Waals surface area contributed by atoms with Gasteiger partial charge in [0.25, 0.3) is 0 Å². The maximum Gasteiger partial charge on any atom is 0.314 e. The van der Waals surface area contributed by atoms with E-state index in [9.17, 15) is 10.1 Å². The lowest BCUT2D eigenvalue weighted by atomic mass is 10.2. The average Bonchev–Trinajstić information content (AvgIpc) is 2.46. The second-order valence-electron chi connectivity index (χ2n) is 3.87. The van der Waals surface area contributed by atoms with Crippen molar-refractivity contribution in [1.82, 2.24) is 0 Å². The van der Waals surface area contributed by atoms with E-state index in [0.717, 1.165) is 5.56 Å². The van der Waals surface area contributed by atoms with Gasteiger partial charge in [-0.05, 0) is 17.7 Å². The third-order valence-corrected chi connectivity index (χ3v) is 2.60. The monoisotopic (exact) mass is 259 g/mol. The van der Waals surface area contributed by atoms with Gasteiger partial charge in [0.2, 0.25) is 0 Å². The maximum atomic E-state index is 10.9. The molecule has 2 rings (SSSR count). The molecule has 0 atom stereocenters. The van der Waals surface area contributed by atoms with Crippen LogP contribution in [0.2, 0.25) is 0 Å². The normalized spacial score (nSPS) is 9.95. The first kappa shape index (κ1) is 12.9. The number of hydrogen-bond acceptors (Lipinski definition) is 4. The summed E-state index contributed by atoms with van der Waals surface area (Å²) in [6.45, 7) is 0.365. The Morgan fingerprint density at radius 1 is 1.16 bits per heavy atom. The van der Waals surface area contributed by atoms with E-state index in [2.05, 4.69) is 0 Å². The molecule has 0 radical (unpaired) electrons. The van der Waals surface area contributed by atoms with Crippen molar-refractivity contribution < 1.29 is 14.4 Å². The molecule has 0 aliphatic heterocycles. The van der Waals surface area contributed by atoms with Gasteiger partial charge in [-0.2, -0.15) is 0 Å². The Morgan fingerprint density at radius 3 is 2.53 bits per heavy atom. The van der Waals surface area contributed by atoms with E-state index in [1.54, 1.807) is 6.07 Å². The van der Waals surface area contributed by atoms with Crippen LogP contribution in [0.1, 0.15) is 5.56 Å². The zero-order valence-corrected chi connectivity index (χ0v) is 10.4. The van der Waals surface area contributed by atoms with Gasteiger partial charge < -0.3 is 9.47 Å². The Kier molecular flexibility index (Phi) is 3.97. The Hall–Kier alpha value is -2.56. The molecule has 2 aromatic carbocycles. The lowest BCUT2D eigenvalue weighted by molar-refractivity contribution is -0.385. The highest BCUT2D eigenvalue weighted by Crippen LogP contribution is 2.30. The Morgan fingerprint density at radius 2 is 1.89 bits per heavy atom. The highest BCUT2D eigenvalue weighted by molar-refractivity contribution is 5.50. The van der Waals surface area contributed by atoms with Gasteiger partial charge in [-0.1, -0.05) is 30.3 Å². The number of nitro groups is 1. The third-order valence-electron chi connectivity index (χ3n) is 2.60. The summed E-state index contributed by atoms with van der Waals surface area (Å²) in [5.41, 5.74) is 0.897. The first-order valence-corrected chi connectivity index (χ1v) is 5.70. The highest BCUT2D eigenvalue weighted by Gasteiger charge is 2.15. The SMILES string of the molecule is COc1ccc(OCc2ccccc2)cc1[N+](=O)[O-]. The largest absolute Gasteiger partial charge is 0.490 e. The number of rotatable bonds is 5. The minimum absolute atomic E-state index is 0.104. The molecule has 2 aromatic rings. The second-order valence-corrected chi connectivity index (χ2v) is 3.87. The fraction of sp³-hybridized carbons (Fsp3) is 0.143. The Bertz CT molecular complexity index is 569. The van der Waals surface area contributed by atoms with Crippen molar-refractivity contribution in [2.24, 2.45) is 0 Å². The number of methoxy groups -OCH3 is 1. The smallest absolute Gasteiger partial charge is 0.314 e. The third kappa shape index (κ3) is 3.22. The van der Waals surface area contributed by atoms with Gasteiger partial charge in [-0.15, -0.1) is 0 Å². The molecule has 19 heavy (non-hydrogen) atoms. The molecule has 0 aliphatic carbocycles. The molecule has 0 amide bonds. The summed E-state index contributed by atoms with van der Waals surface area (Å²) >= 11 is 0. The molecule has 0 unspecified atom stereocenters. The molecular formula is C14H13NO4. The molecule has 0 N–H and O–H groups in total. The fourth-order valence-corrected chi connectivity index (χ4v) is 1.64. The molecule has 0 fully saturated rings. The zero-order valence-electron chi connectivity index (χ0n) is 10.4. The first-order valence-electron chi connectivity index (χ1n) is 5.70. The lowest BCUT2D eigenvalue weighted by Gasteiger charge is -2.07. The van der Waals surface area contributed by atoms with Crippen LogP contribution in [0.15, 0.2) is 48.5 Å². The van der Waals surface area contributed by atoms with E-state index in [1.165, 1.54) is 19.2 Å². The summed E-state index contributed by atoms with van der Waals surface area (Å²) in [5.74, 6) is 0.661. The molecule has 0 heterocycles. The van der Waals surface area contributed by atoms with Gasteiger partial charge >= 0.3 is 5.69 Å². The molecule has 0 spiro atoms. The number of benzene rings is 2. The summed E-state index contributed by atoms with van der Waals surface area (Å²) in [7, 11) is 1.40. The molecular weight excluding hydrogens is 246 g/mol. The van der Waals surface area contributed by atoms with Gasteiger partial charge in [0.05, 0.1) is 18.1 Å². The molecule has 5 heteroatoms. The second kappa shape index (κ2) is 5.86. The zero-order chi connectivity index (χ0) is 13.7. The molecule has 98 valence electrons. The van der Waals surface area contributed by atoms with Crippen LogP contribution in [-0.4, -0.2) is 12.0 Å². The van der Waals surface area contributed by atoms with Crippen LogP contribution in [0.5, 0.6) is 11.5 Å². The van der Waals surface area contributed by atoms with Gasteiger partial charge in [0, 0.05) is 0 Å². The molecule has 5 nitrogen and oxygen atoms in total. The number of nitrogens with zero attached hydrogens (tertiary/aromatic N) is 1. The van der Waals surface area contributed by atoms with Crippen molar-refractivity contribution in [2.45, 2.75) is 6.61 Å². The van der Waals surface area contributed by atoms with E-state index >= 15 is 0 Å². The first-order chi connectivity index (χ1) is 9.20. The van der Waals surface area contributed by atoms with Crippen molar-refractivity contribution >= 4 is 5.69 Å². The summed E-state index contributed by atoms with van der Waals surface area (Å²) in [4.78, 5) is 10.4. The fourth-order valence-electron chi connectivity index (χ4n) is 1.64. The molecule has 0 aromatic heterocycles. The lowest BCUT2D eigenvalue weighted by Crippen LogP contribution is -1.98. The van der Waals surface area contributed by atoms with Gasteiger partial charge in [0.15, 0.2) is 5.75 Å². The standard InChI is InChI=1S/C14H13NO4/c1-18-14-8-7-12(9-13(14)15(16)17)19-10-11-5-3-2-4-6-11/h2-9H,10H2,1H3. The number of hydrogen-bond donors (Lipinski definition) is 0. The topological polar surface area (TPSA) is 61.6 Å². The summed E-state index contributed by atoms with van der Waals surface area (Å²) < 4.78 is 10.4. The van der Waals surface area contributed by atoms with E-state index in [0.29, 0.717) is 12.4 Å². The average molecular weight is 259 g/mol. The van der Waals surface area contributed by atoms with Crippen LogP contribution in [0, 0.1) is 10.1 Å². The van der Waals surface area contributed by atoms with Crippen molar-refractivity contribution in [3.63, 3.8) is 0 Å². The van der Waals surface area contributed by atoms with Crippen molar-refractivity contribution in [1.29, 1.82) is 0 Å². The maximum absolute atomic E-state index is 10.9. The summed E-state index contributed by atoms with van der Waals surface area (Å²) in [6, 6.07) is 14.1. The van der Waals surface area contributed by atoms with Crippen LogP contribution in [0.3, 0.4) is 0 Å². The molecule has 0 aliphatic rings. The Balaban J connectivity index is 2.13. The van der Waals surface area contributed by atoms with Crippen LogP contribution in [0.4, 0.5) is 5.69 Å². The van der Waals surface area contributed by atoms with Crippen molar-refractivity contribution in [2.75, 3.05) is 7.11 Å². The van der Waals surface area contributed by atoms with Crippen LogP contribution in [-0.2, 0) is 6.61 Å². The van der Waals surface area contributed by atoms with E-state index in [4.69, 9.17) is 9.47 Å². The minimum atomic E-state index is -0.492. The minimum Gasteiger partial charge on any atom is -0.490 e. The molecule has 0 saturated carbocycles. The van der Waals surface area contributed by atoms with Gasteiger partial charge in [0.1, 0.15) is 12.4 Å². The van der Waals surface area contributed by atoms with Gasteiger partial charge in [-0.25, -0.2) is 0 Å². The highest BCUT2D eigenvalue weighted by atomic mass is 16.6.